The molecule has 3 rings (SSSR count). The number of halogens is 1. The van der Waals surface area contributed by atoms with Gasteiger partial charge in [-0.1, -0.05) is 64.9 Å². The van der Waals surface area contributed by atoms with E-state index in [-0.39, 0.29) is 5.91 Å². The third-order valence-electron chi connectivity index (χ3n) is 4.71. The van der Waals surface area contributed by atoms with Crippen molar-refractivity contribution >= 4 is 45.6 Å². The van der Waals surface area contributed by atoms with Crippen molar-refractivity contribution < 1.29 is 4.79 Å². The first-order valence-electron chi connectivity index (χ1n) is 9.90. The van der Waals surface area contributed by atoms with E-state index in [2.05, 4.69) is 46.4 Å². The van der Waals surface area contributed by atoms with E-state index in [0.29, 0.717) is 21.6 Å². The average Bonchev–Trinajstić information content (AvgIpc) is 3.26. The summed E-state index contributed by atoms with van der Waals surface area (Å²) in [4.78, 5) is 14.6. The molecule has 0 atom stereocenters. The van der Waals surface area contributed by atoms with E-state index in [9.17, 15) is 4.79 Å². The van der Waals surface area contributed by atoms with Gasteiger partial charge in [0.15, 0.2) is 5.01 Å². The fourth-order valence-corrected chi connectivity index (χ4v) is 3.90. The van der Waals surface area contributed by atoms with Crippen molar-refractivity contribution in [2.24, 2.45) is 0 Å². The van der Waals surface area contributed by atoms with Crippen LogP contribution in [0.1, 0.15) is 45.3 Å². The number of anilines is 1. The lowest BCUT2D eigenvalue weighted by Crippen LogP contribution is -2.22. The van der Waals surface area contributed by atoms with Crippen LogP contribution >= 0.6 is 22.9 Å². The van der Waals surface area contributed by atoms with Crippen LogP contribution in [-0.4, -0.2) is 29.2 Å². The average molecular weight is 441 g/mol. The van der Waals surface area contributed by atoms with Crippen LogP contribution in [0, 0.1) is 6.92 Å². The number of benzene rings is 2. The molecular formula is C23H25ClN4OS. The Morgan fingerprint density at radius 1 is 1.03 bits per heavy atom. The molecule has 0 fully saturated rings. The van der Waals surface area contributed by atoms with Gasteiger partial charge in [-0.25, -0.2) is 0 Å². The van der Waals surface area contributed by atoms with Crippen LogP contribution in [0.25, 0.3) is 11.1 Å². The molecule has 1 heterocycles. The highest BCUT2D eigenvalue weighted by molar-refractivity contribution is 7.15. The van der Waals surface area contributed by atoms with Crippen LogP contribution in [0.5, 0.6) is 0 Å². The topological polar surface area (TPSA) is 58.1 Å². The number of rotatable bonds is 8. The maximum Gasteiger partial charge on any atom is 0.282 e. The van der Waals surface area contributed by atoms with E-state index in [1.165, 1.54) is 22.6 Å². The summed E-state index contributed by atoms with van der Waals surface area (Å²) in [5, 5.41) is 12.2. The van der Waals surface area contributed by atoms with Gasteiger partial charge in [-0.05, 0) is 50.1 Å². The van der Waals surface area contributed by atoms with Crippen LogP contribution in [0.3, 0.4) is 0 Å². The molecule has 0 bridgehead atoms. The molecular weight excluding hydrogens is 416 g/mol. The second-order valence-corrected chi connectivity index (χ2v) is 8.22. The highest BCUT2D eigenvalue weighted by Gasteiger charge is 2.14. The van der Waals surface area contributed by atoms with E-state index in [1.807, 2.05) is 49.4 Å². The SMILES string of the molecule is CCN(CC)c1ccc(/C=C(\Cl)c2nnc(C(=O)NCc3ccc(C)cc3)s2)cc1. The Morgan fingerprint density at radius 3 is 2.30 bits per heavy atom. The van der Waals surface area contributed by atoms with E-state index in [0.717, 1.165) is 24.2 Å². The third-order valence-corrected chi connectivity index (χ3v) is 6.07. The molecule has 1 aromatic heterocycles. The lowest BCUT2D eigenvalue weighted by molar-refractivity contribution is 0.0950. The number of carbonyl (C=O) groups is 1. The molecule has 2 aromatic carbocycles. The van der Waals surface area contributed by atoms with Gasteiger partial charge in [0.1, 0.15) is 0 Å². The lowest BCUT2D eigenvalue weighted by Gasteiger charge is -2.20. The summed E-state index contributed by atoms with van der Waals surface area (Å²) in [5.41, 5.74) is 4.36. The Labute approximate surface area is 186 Å². The summed E-state index contributed by atoms with van der Waals surface area (Å²) in [5.74, 6) is -0.257. The Bertz CT molecular complexity index is 1010. The number of aromatic nitrogens is 2. The fraction of sp³-hybridized carbons (Fsp3) is 0.261. The van der Waals surface area contributed by atoms with Gasteiger partial charge in [0.05, 0.1) is 5.03 Å². The van der Waals surface area contributed by atoms with Crippen molar-refractivity contribution in [1.82, 2.24) is 15.5 Å². The minimum atomic E-state index is -0.257. The molecule has 3 aromatic rings. The third kappa shape index (κ3) is 5.68. The lowest BCUT2D eigenvalue weighted by atomic mass is 10.1. The molecule has 0 saturated heterocycles. The summed E-state index contributed by atoms with van der Waals surface area (Å²) in [6.45, 7) is 8.67. The molecule has 0 saturated carbocycles. The van der Waals surface area contributed by atoms with E-state index in [4.69, 9.17) is 11.6 Å². The van der Waals surface area contributed by atoms with Crippen LogP contribution in [-0.2, 0) is 6.54 Å². The van der Waals surface area contributed by atoms with Crippen molar-refractivity contribution in [3.8, 4) is 0 Å². The molecule has 0 aliphatic heterocycles. The number of aryl methyl sites for hydroxylation is 1. The Hall–Kier alpha value is -2.70. The first-order valence-corrected chi connectivity index (χ1v) is 11.1. The van der Waals surface area contributed by atoms with Crippen molar-refractivity contribution in [3.05, 3.63) is 75.2 Å². The van der Waals surface area contributed by atoms with E-state index >= 15 is 0 Å². The summed E-state index contributed by atoms with van der Waals surface area (Å²) in [6, 6.07) is 16.2. The molecule has 30 heavy (non-hydrogen) atoms. The maximum atomic E-state index is 12.4. The van der Waals surface area contributed by atoms with Gasteiger partial charge in [0.25, 0.3) is 5.91 Å². The molecule has 7 heteroatoms. The molecule has 0 aliphatic carbocycles. The Morgan fingerprint density at radius 2 is 1.67 bits per heavy atom. The number of nitrogens with one attached hydrogen (secondary N) is 1. The van der Waals surface area contributed by atoms with Crippen LogP contribution in [0.2, 0.25) is 0 Å². The van der Waals surface area contributed by atoms with Crippen LogP contribution in [0.15, 0.2) is 48.5 Å². The summed E-state index contributed by atoms with van der Waals surface area (Å²) >= 11 is 7.61. The van der Waals surface area contributed by atoms with Gasteiger partial charge in [0, 0.05) is 25.3 Å². The predicted octanol–water partition coefficient (Wildman–Crippen LogP) is 5.36. The number of amides is 1. The monoisotopic (exact) mass is 440 g/mol. The van der Waals surface area contributed by atoms with Crippen molar-refractivity contribution in [3.63, 3.8) is 0 Å². The largest absolute Gasteiger partial charge is 0.372 e. The van der Waals surface area contributed by atoms with Gasteiger partial charge < -0.3 is 10.2 Å². The fourth-order valence-electron chi connectivity index (χ4n) is 2.95. The molecule has 0 spiro atoms. The quantitative estimate of drug-likeness (QED) is 0.512. The summed E-state index contributed by atoms with van der Waals surface area (Å²) < 4.78 is 0. The normalized spacial score (nSPS) is 11.4. The number of hydrogen-bond acceptors (Lipinski definition) is 5. The molecule has 5 nitrogen and oxygen atoms in total. The standard InChI is InChI=1S/C23H25ClN4OS/c1-4-28(5-2)19-12-10-17(11-13-19)14-20(24)22-26-27-23(30-22)21(29)25-15-18-8-6-16(3)7-9-18/h6-14H,4-5,15H2,1-3H3,(H,25,29)/b20-14-. The van der Waals surface area contributed by atoms with Crippen molar-refractivity contribution in [2.75, 3.05) is 18.0 Å². The second-order valence-electron chi connectivity index (χ2n) is 6.84. The van der Waals surface area contributed by atoms with Gasteiger partial charge in [-0.3, -0.25) is 4.79 Å². The zero-order valence-electron chi connectivity index (χ0n) is 17.4. The highest BCUT2D eigenvalue weighted by Crippen LogP contribution is 2.26. The maximum absolute atomic E-state index is 12.4. The minimum Gasteiger partial charge on any atom is -0.372 e. The Balaban J connectivity index is 1.64. The number of nitrogens with zero attached hydrogens (tertiary/aromatic N) is 3. The van der Waals surface area contributed by atoms with Crippen LogP contribution < -0.4 is 10.2 Å². The second kappa shape index (κ2) is 10.4. The van der Waals surface area contributed by atoms with Crippen molar-refractivity contribution in [2.45, 2.75) is 27.3 Å². The zero-order chi connectivity index (χ0) is 21.5. The number of hydrogen-bond donors (Lipinski definition) is 1. The minimum absolute atomic E-state index is 0.257. The predicted molar refractivity (Wildman–Crippen MR) is 126 cm³/mol. The van der Waals surface area contributed by atoms with Crippen LogP contribution in [0.4, 0.5) is 5.69 Å². The first kappa shape index (κ1) is 22.0. The van der Waals surface area contributed by atoms with Gasteiger partial charge in [-0.15, -0.1) is 10.2 Å². The van der Waals surface area contributed by atoms with Gasteiger partial charge >= 0.3 is 0 Å². The van der Waals surface area contributed by atoms with E-state index in [1.54, 1.807) is 0 Å². The molecule has 156 valence electrons. The molecule has 1 amide bonds. The van der Waals surface area contributed by atoms with E-state index < -0.39 is 0 Å². The zero-order valence-corrected chi connectivity index (χ0v) is 18.9. The van der Waals surface area contributed by atoms with Gasteiger partial charge in [0.2, 0.25) is 5.01 Å². The first-order chi connectivity index (χ1) is 14.5. The summed E-state index contributed by atoms with van der Waals surface area (Å²) in [6.07, 6.45) is 1.84. The van der Waals surface area contributed by atoms with Gasteiger partial charge in [-0.2, -0.15) is 0 Å². The molecule has 1 N–H and O–H groups in total. The molecule has 0 aliphatic rings. The smallest absolute Gasteiger partial charge is 0.282 e. The molecule has 0 radical (unpaired) electrons. The highest BCUT2D eigenvalue weighted by atomic mass is 35.5. The van der Waals surface area contributed by atoms with Crippen molar-refractivity contribution in [1.29, 1.82) is 0 Å². The number of carbonyl (C=O) groups excluding carboxylic acids is 1. The summed E-state index contributed by atoms with van der Waals surface area (Å²) in [7, 11) is 0. The molecule has 0 unspecified atom stereocenters. The Kier molecular flexibility index (Phi) is 7.60.